The van der Waals surface area contributed by atoms with Crippen LogP contribution in [-0.4, -0.2) is 28.5 Å². The highest BCUT2D eigenvalue weighted by molar-refractivity contribution is 5.99. The molecular weight excluding hydrogens is 349 g/mol. The first-order chi connectivity index (χ1) is 12.3. The smallest absolute Gasteiger partial charge is 0.365 e. The number of hydrogen-bond acceptors (Lipinski definition) is 4. The van der Waals surface area contributed by atoms with Gasteiger partial charge in [0, 0.05) is 19.5 Å². The first-order valence-electron chi connectivity index (χ1n) is 8.05. The van der Waals surface area contributed by atoms with Crippen molar-refractivity contribution in [2.75, 3.05) is 11.4 Å². The largest absolute Gasteiger partial charge is 0.436 e. The molecule has 1 amide bonds. The highest BCUT2D eigenvalue weighted by Crippen LogP contribution is 2.38. The van der Waals surface area contributed by atoms with Crippen LogP contribution in [-0.2, 0) is 30.5 Å². The van der Waals surface area contributed by atoms with Crippen molar-refractivity contribution in [1.82, 2.24) is 9.78 Å². The van der Waals surface area contributed by atoms with E-state index in [2.05, 4.69) is 5.10 Å². The standard InChI is InChI=1S/C17H17F3N4O2/c18-17(19,20)14-13(15(21)26)16-23(6-7-24(16)22-14)10-12-4-1-3-11(9-12)5-2-8-25/h1,3-4,8-9H,2,5-7,10H2,(H2,21,26). The maximum atomic E-state index is 13.2. The maximum Gasteiger partial charge on any atom is 0.436 e. The molecule has 6 nitrogen and oxygen atoms in total. The summed E-state index contributed by atoms with van der Waals surface area (Å²) in [7, 11) is 0. The Morgan fingerprint density at radius 3 is 2.65 bits per heavy atom. The third-order valence-electron chi connectivity index (χ3n) is 4.24. The molecule has 3 rings (SSSR count). The molecule has 0 aliphatic carbocycles. The van der Waals surface area contributed by atoms with Crippen LogP contribution in [0.2, 0.25) is 0 Å². The van der Waals surface area contributed by atoms with E-state index in [0.717, 1.165) is 17.4 Å². The second-order valence-electron chi connectivity index (χ2n) is 6.08. The summed E-state index contributed by atoms with van der Waals surface area (Å²) in [6, 6.07) is 7.46. The second kappa shape index (κ2) is 6.81. The lowest BCUT2D eigenvalue weighted by Crippen LogP contribution is -2.25. The number of primary amides is 1. The Labute approximate surface area is 147 Å². The molecule has 1 aliphatic rings. The fourth-order valence-electron chi connectivity index (χ4n) is 3.16. The zero-order valence-corrected chi connectivity index (χ0v) is 13.8. The lowest BCUT2D eigenvalue weighted by atomic mass is 10.1. The topological polar surface area (TPSA) is 81.2 Å². The summed E-state index contributed by atoms with van der Waals surface area (Å²) in [5, 5.41) is 3.54. The van der Waals surface area contributed by atoms with Gasteiger partial charge in [-0.3, -0.25) is 4.79 Å². The lowest BCUT2D eigenvalue weighted by molar-refractivity contribution is -0.141. The molecule has 26 heavy (non-hydrogen) atoms. The van der Waals surface area contributed by atoms with E-state index in [-0.39, 0.29) is 12.4 Å². The number of anilines is 1. The van der Waals surface area contributed by atoms with Crippen LogP contribution in [0.5, 0.6) is 0 Å². The van der Waals surface area contributed by atoms with E-state index >= 15 is 0 Å². The van der Waals surface area contributed by atoms with E-state index in [9.17, 15) is 22.8 Å². The molecule has 0 fully saturated rings. The summed E-state index contributed by atoms with van der Waals surface area (Å²) in [4.78, 5) is 23.8. The van der Waals surface area contributed by atoms with Crippen LogP contribution in [0.25, 0.3) is 0 Å². The maximum absolute atomic E-state index is 13.2. The Morgan fingerprint density at radius 2 is 2.00 bits per heavy atom. The quantitative estimate of drug-likeness (QED) is 0.795. The average Bonchev–Trinajstić information content (AvgIpc) is 3.13. The predicted molar refractivity (Wildman–Crippen MR) is 87.6 cm³/mol. The number of halogens is 3. The number of carbonyl (C=O) groups excluding carboxylic acids is 2. The minimum atomic E-state index is -4.75. The zero-order chi connectivity index (χ0) is 18.9. The van der Waals surface area contributed by atoms with Crippen LogP contribution in [0.1, 0.15) is 33.6 Å². The van der Waals surface area contributed by atoms with E-state index in [4.69, 9.17) is 5.73 Å². The van der Waals surface area contributed by atoms with E-state index in [1.165, 1.54) is 4.68 Å². The normalized spacial score (nSPS) is 13.7. The van der Waals surface area contributed by atoms with E-state index < -0.39 is 23.3 Å². The van der Waals surface area contributed by atoms with Crippen molar-refractivity contribution in [2.24, 2.45) is 5.73 Å². The molecule has 1 aromatic carbocycles. The fourth-order valence-corrected chi connectivity index (χ4v) is 3.16. The van der Waals surface area contributed by atoms with Crippen LogP contribution in [0, 0.1) is 0 Å². The molecule has 1 aliphatic heterocycles. The first-order valence-corrected chi connectivity index (χ1v) is 8.05. The summed E-state index contributed by atoms with van der Waals surface area (Å²) in [6.45, 7) is 0.994. The third-order valence-corrected chi connectivity index (χ3v) is 4.24. The van der Waals surface area contributed by atoms with Gasteiger partial charge in [-0.2, -0.15) is 18.3 Å². The van der Waals surface area contributed by atoms with E-state index in [0.29, 0.717) is 25.9 Å². The SMILES string of the molecule is NC(=O)c1c(C(F)(F)F)nn2c1N(Cc1cccc(CCC=O)c1)CC2. The molecule has 0 atom stereocenters. The van der Waals surface area contributed by atoms with E-state index in [1.54, 1.807) is 4.90 Å². The van der Waals surface area contributed by atoms with Crippen molar-refractivity contribution < 1.29 is 22.8 Å². The zero-order valence-electron chi connectivity index (χ0n) is 13.8. The number of aryl methyl sites for hydroxylation is 1. The highest BCUT2D eigenvalue weighted by atomic mass is 19.4. The molecule has 2 aromatic rings. The van der Waals surface area contributed by atoms with E-state index in [1.807, 2.05) is 24.3 Å². The highest BCUT2D eigenvalue weighted by Gasteiger charge is 2.43. The number of carbonyl (C=O) groups is 2. The Bertz CT molecular complexity index is 845. The average molecular weight is 366 g/mol. The molecule has 0 bridgehead atoms. The minimum Gasteiger partial charge on any atom is -0.365 e. The Kier molecular flexibility index (Phi) is 4.71. The van der Waals surface area contributed by atoms with Crippen LogP contribution in [0.3, 0.4) is 0 Å². The number of nitrogens with two attached hydrogens (primary N) is 1. The second-order valence-corrected chi connectivity index (χ2v) is 6.08. The molecule has 9 heteroatoms. The van der Waals surface area contributed by atoms with Crippen molar-refractivity contribution in [3.8, 4) is 0 Å². The monoisotopic (exact) mass is 366 g/mol. The minimum absolute atomic E-state index is 0.100. The van der Waals surface area contributed by atoms with Crippen LogP contribution >= 0.6 is 0 Å². The number of fused-ring (bicyclic) bond motifs is 1. The third kappa shape index (κ3) is 3.42. The number of alkyl halides is 3. The van der Waals surface area contributed by atoms with Crippen molar-refractivity contribution in [1.29, 1.82) is 0 Å². The molecule has 0 saturated carbocycles. The number of rotatable bonds is 6. The summed E-state index contributed by atoms with van der Waals surface area (Å²) < 4.78 is 40.7. The number of benzene rings is 1. The number of nitrogens with zero attached hydrogens (tertiary/aromatic N) is 3. The van der Waals surface area contributed by atoms with Crippen molar-refractivity contribution in [3.05, 3.63) is 46.6 Å². The molecule has 138 valence electrons. The Morgan fingerprint density at radius 1 is 1.27 bits per heavy atom. The van der Waals surface area contributed by atoms with Gasteiger partial charge >= 0.3 is 6.18 Å². The summed E-state index contributed by atoms with van der Waals surface area (Å²) in [6.07, 6.45) is -2.91. The summed E-state index contributed by atoms with van der Waals surface area (Å²) in [5.74, 6) is -1.05. The van der Waals surface area contributed by atoms with Gasteiger partial charge in [-0.1, -0.05) is 24.3 Å². The predicted octanol–water partition coefficient (Wildman–Crippen LogP) is 2.15. The van der Waals surface area contributed by atoms with Gasteiger partial charge in [0.2, 0.25) is 0 Å². The van der Waals surface area contributed by atoms with Crippen molar-refractivity contribution in [2.45, 2.75) is 32.1 Å². The van der Waals surface area contributed by atoms with Gasteiger partial charge in [0.15, 0.2) is 5.69 Å². The van der Waals surface area contributed by atoms with Gasteiger partial charge in [0.05, 0.1) is 6.54 Å². The van der Waals surface area contributed by atoms with Gasteiger partial charge in [0.1, 0.15) is 17.7 Å². The summed E-state index contributed by atoms with van der Waals surface area (Å²) in [5.41, 5.74) is 5.21. The molecular formula is C17H17F3N4O2. The van der Waals surface area contributed by atoms with Gasteiger partial charge in [0.25, 0.3) is 5.91 Å². The molecule has 0 unspecified atom stereocenters. The molecule has 0 radical (unpaired) electrons. The van der Waals surface area contributed by atoms with Gasteiger partial charge < -0.3 is 15.4 Å². The fraction of sp³-hybridized carbons (Fsp3) is 0.353. The van der Waals surface area contributed by atoms with Gasteiger partial charge in [-0.05, 0) is 17.5 Å². The number of amides is 1. The first kappa shape index (κ1) is 18.0. The number of aldehydes is 1. The number of aromatic nitrogens is 2. The Balaban J connectivity index is 1.91. The molecule has 0 saturated heterocycles. The number of hydrogen-bond donors (Lipinski definition) is 1. The molecule has 2 heterocycles. The summed E-state index contributed by atoms with van der Waals surface area (Å²) >= 11 is 0. The van der Waals surface area contributed by atoms with Gasteiger partial charge in [-0.25, -0.2) is 4.68 Å². The lowest BCUT2D eigenvalue weighted by Gasteiger charge is -2.19. The van der Waals surface area contributed by atoms with Crippen LogP contribution in [0.15, 0.2) is 24.3 Å². The van der Waals surface area contributed by atoms with Crippen LogP contribution in [0.4, 0.5) is 19.0 Å². The molecule has 0 spiro atoms. The Hall–Kier alpha value is -2.84. The van der Waals surface area contributed by atoms with Crippen molar-refractivity contribution >= 4 is 18.0 Å². The van der Waals surface area contributed by atoms with Crippen molar-refractivity contribution in [3.63, 3.8) is 0 Å². The molecule has 2 N–H and O–H groups in total. The molecule has 1 aromatic heterocycles. The van der Waals surface area contributed by atoms with Crippen LogP contribution < -0.4 is 10.6 Å². The van der Waals surface area contributed by atoms with Gasteiger partial charge in [-0.15, -0.1) is 0 Å².